The van der Waals surface area contributed by atoms with Gasteiger partial charge in [-0.3, -0.25) is 4.79 Å². The number of ether oxygens (including phenoxy) is 2. The van der Waals surface area contributed by atoms with E-state index in [9.17, 15) is 9.59 Å². The number of carboxylic acids is 1. The lowest BCUT2D eigenvalue weighted by atomic mass is 10.1. The van der Waals surface area contributed by atoms with E-state index >= 15 is 0 Å². The van der Waals surface area contributed by atoms with Gasteiger partial charge in [-0.05, 0) is 31.4 Å². The van der Waals surface area contributed by atoms with Crippen LogP contribution >= 0.6 is 0 Å². The molecule has 1 N–H and O–H groups in total. The number of carbonyl (C=O) groups excluding carboxylic acids is 1. The van der Waals surface area contributed by atoms with Gasteiger partial charge in [-0.15, -0.1) is 0 Å². The summed E-state index contributed by atoms with van der Waals surface area (Å²) in [6, 6.07) is 6.28. The first-order valence-corrected chi connectivity index (χ1v) is 7.78. The molecule has 1 aromatic rings. The molecule has 2 rings (SSSR count). The normalized spacial score (nSPS) is 16.8. The lowest BCUT2D eigenvalue weighted by Crippen LogP contribution is -2.40. The van der Waals surface area contributed by atoms with Crippen LogP contribution in [-0.4, -0.2) is 54.3 Å². The van der Waals surface area contributed by atoms with Crippen LogP contribution in [0.5, 0.6) is 0 Å². The molecule has 1 saturated heterocycles. The maximum absolute atomic E-state index is 12.5. The van der Waals surface area contributed by atoms with E-state index in [2.05, 4.69) is 0 Å². The number of carbonyl (C=O) groups is 2. The minimum atomic E-state index is -1.03. The van der Waals surface area contributed by atoms with Gasteiger partial charge in [0.2, 0.25) is 0 Å². The highest BCUT2D eigenvalue weighted by Gasteiger charge is 2.24. The summed E-state index contributed by atoms with van der Waals surface area (Å²) < 4.78 is 11.2. The van der Waals surface area contributed by atoms with E-state index in [-0.39, 0.29) is 12.0 Å². The highest BCUT2D eigenvalue weighted by Crippen LogP contribution is 2.17. The molecule has 0 aliphatic carbocycles. The molecular weight excluding hydrogens is 298 g/mol. The Bertz CT molecular complexity index is 554. The van der Waals surface area contributed by atoms with Crippen molar-refractivity contribution in [3.63, 3.8) is 0 Å². The van der Waals surface area contributed by atoms with Crippen molar-refractivity contribution in [2.75, 3.05) is 20.3 Å². The van der Waals surface area contributed by atoms with Crippen LogP contribution in [-0.2, 0) is 20.9 Å². The fraction of sp³-hybridized carbons (Fsp3) is 0.529. The van der Waals surface area contributed by atoms with Gasteiger partial charge in [0.05, 0.1) is 12.7 Å². The van der Waals surface area contributed by atoms with Crippen molar-refractivity contribution in [3.8, 4) is 0 Å². The van der Waals surface area contributed by atoms with Crippen molar-refractivity contribution in [2.24, 2.45) is 0 Å². The molecule has 6 nitrogen and oxygen atoms in total. The molecule has 1 atom stereocenters. The number of hydrogen-bond donors (Lipinski definition) is 1. The van der Waals surface area contributed by atoms with Crippen molar-refractivity contribution in [3.05, 3.63) is 35.4 Å². The molecule has 1 unspecified atom stereocenters. The molecule has 1 aliphatic heterocycles. The molecule has 1 aromatic carbocycles. The molecule has 0 bridgehead atoms. The van der Waals surface area contributed by atoms with Crippen LogP contribution in [0.15, 0.2) is 24.3 Å². The Labute approximate surface area is 136 Å². The number of aliphatic carboxylic acids is 1. The van der Waals surface area contributed by atoms with Gasteiger partial charge in [-0.1, -0.05) is 18.2 Å². The monoisotopic (exact) mass is 321 g/mol. The van der Waals surface area contributed by atoms with Crippen LogP contribution in [0, 0.1) is 0 Å². The summed E-state index contributed by atoms with van der Waals surface area (Å²) in [7, 11) is 1.50. The summed E-state index contributed by atoms with van der Waals surface area (Å²) >= 11 is 0. The molecule has 0 spiro atoms. The standard InChI is InChI=1S/C17H23NO5/c1-12(17(20)21)18(2)16(19)15-6-4-3-5-13(15)11-23-14-7-9-22-10-8-14/h3-6,12,14H,7-11H2,1-2H3,(H,20,21). The first kappa shape index (κ1) is 17.4. The van der Waals surface area contributed by atoms with Crippen LogP contribution < -0.4 is 0 Å². The predicted molar refractivity (Wildman–Crippen MR) is 84.3 cm³/mol. The topological polar surface area (TPSA) is 76.1 Å². The Morgan fingerprint density at radius 1 is 1.35 bits per heavy atom. The molecule has 1 aliphatic rings. The first-order valence-electron chi connectivity index (χ1n) is 7.78. The van der Waals surface area contributed by atoms with Crippen molar-refractivity contribution in [2.45, 2.75) is 38.5 Å². The third kappa shape index (κ3) is 4.53. The van der Waals surface area contributed by atoms with E-state index in [1.807, 2.05) is 12.1 Å². The molecule has 1 amide bonds. The second-order valence-corrected chi connectivity index (χ2v) is 5.71. The number of likely N-dealkylation sites (N-methyl/N-ethyl adjacent to an activating group) is 1. The molecule has 0 saturated carbocycles. The zero-order valence-corrected chi connectivity index (χ0v) is 13.5. The second-order valence-electron chi connectivity index (χ2n) is 5.71. The predicted octanol–water partition coefficient (Wildman–Crippen LogP) is 1.93. The fourth-order valence-electron chi connectivity index (χ4n) is 2.44. The minimum absolute atomic E-state index is 0.141. The summed E-state index contributed by atoms with van der Waals surface area (Å²) in [5.74, 6) is -1.34. The fourth-order valence-corrected chi connectivity index (χ4v) is 2.44. The SMILES string of the molecule is CC(C(=O)O)N(C)C(=O)c1ccccc1COC1CCOCC1. The van der Waals surface area contributed by atoms with Crippen molar-refractivity contribution < 1.29 is 24.2 Å². The Morgan fingerprint density at radius 2 is 2.00 bits per heavy atom. The van der Waals surface area contributed by atoms with Crippen LogP contribution in [0.3, 0.4) is 0 Å². The number of carboxylic acid groups (broad SMARTS) is 1. The van der Waals surface area contributed by atoms with E-state index in [0.717, 1.165) is 18.4 Å². The van der Waals surface area contributed by atoms with Crippen LogP contribution in [0.25, 0.3) is 0 Å². The first-order chi connectivity index (χ1) is 11.0. The maximum atomic E-state index is 12.5. The van der Waals surface area contributed by atoms with Gasteiger partial charge in [0.15, 0.2) is 0 Å². The molecular formula is C17H23NO5. The summed E-state index contributed by atoms with van der Waals surface area (Å²) in [6.45, 7) is 3.22. The lowest BCUT2D eigenvalue weighted by molar-refractivity contribution is -0.141. The van der Waals surface area contributed by atoms with Gasteiger partial charge >= 0.3 is 5.97 Å². The summed E-state index contributed by atoms with van der Waals surface area (Å²) in [5.41, 5.74) is 1.25. The van der Waals surface area contributed by atoms with E-state index in [4.69, 9.17) is 14.6 Å². The Kier molecular flexibility index (Phi) is 6.12. The van der Waals surface area contributed by atoms with Gasteiger partial charge in [-0.2, -0.15) is 0 Å². The van der Waals surface area contributed by atoms with E-state index in [0.29, 0.717) is 25.4 Å². The zero-order valence-electron chi connectivity index (χ0n) is 13.5. The molecule has 1 heterocycles. The smallest absolute Gasteiger partial charge is 0.326 e. The van der Waals surface area contributed by atoms with Crippen LogP contribution in [0.4, 0.5) is 0 Å². The van der Waals surface area contributed by atoms with Crippen molar-refractivity contribution >= 4 is 11.9 Å². The summed E-state index contributed by atoms with van der Waals surface area (Å²) in [4.78, 5) is 24.8. The Morgan fingerprint density at radius 3 is 2.65 bits per heavy atom. The van der Waals surface area contributed by atoms with Gasteiger partial charge < -0.3 is 19.5 Å². The maximum Gasteiger partial charge on any atom is 0.326 e. The molecule has 126 valence electrons. The number of amides is 1. The summed E-state index contributed by atoms with van der Waals surface area (Å²) in [5, 5.41) is 9.06. The van der Waals surface area contributed by atoms with Crippen molar-refractivity contribution in [1.82, 2.24) is 4.90 Å². The van der Waals surface area contributed by atoms with Crippen LogP contribution in [0.2, 0.25) is 0 Å². The molecule has 0 radical (unpaired) electrons. The average molecular weight is 321 g/mol. The van der Waals surface area contributed by atoms with Gasteiger partial charge in [0, 0.05) is 25.8 Å². The number of nitrogens with zero attached hydrogens (tertiary/aromatic N) is 1. The number of hydrogen-bond acceptors (Lipinski definition) is 4. The average Bonchev–Trinajstić information content (AvgIpc) is 2.59. The third-order valence-corrected chi connectivity index (χ3v) is 4.15. The van der Waals surface area contributed by atoms with E-state index < -0.39 is 12.0 Å². The second kappa shape index (κ2) is 8.08. The zero-order chi connectivity index (χ0) is 16.8. The van der Waals surface area contributed by atoms with Crippen molar-refractivity contribution in [1.29, 1.82) is 0 Å². The molecule has 1 fully saturated rings. The highest BCUT2D eigenvalue weighted by atomic mass is 16.5. The summed E-state index contributed by atoms with van der Waals surface area (Å²) in [6.07, 6.45) is 1.85. The molecule has 0 aromatic heterocycles. The molecule has 23 heavy (non-hydrogen) atoms. The third-order valence-electron chi connectivity index (χ3n) is 4.15. The van der Waals surface area contributed by atoms with E-state index in [1.54, 1.807) is 12.1 Å². The van der Waals surface area contributed by atoms with E-state index in [1.165, 1.54) is 18.9 Å². The highest BCUT2D eigenvalue weighted by molar-refractivity contribution is 5.97. The van der Waals surface area contributed by atoms with Gasteiger partial charge in [0.25, 0.3) is 5.91 Å². The largest absolute Gasteiger partial charge is 0.480 e. The Hall–Kier alpha value is -1.92. The lowest BCUT2D eigenvalue weighted by Gasteiger charge is -2.24. The van der Waals surface area contributed by atoms with Gasteiger partial charge in [-0.25, -0.2) is 4.79 Å². The Balaban J connectivity index is 2.07. The number of benzene rings is 1. The quantitative estimate of drug-likeness (QED) is 0.866. The van der Waals surface area contributed by atoms with Gasteiger partial charge in [0.1, 0.15) is 6.04 Å². The number of rotatable bonds is 6. The van der Waals surface area contributed by atoms with Crippen LogP contribution in [0.1, 0.15) is 35.7 Å². The molecule has 6 heteroatoms. The minimum Gasteiger partial charge on any atom is -0.480 e.